The third kappa shape index (κ3) is 2.08. The highest BCUT2D eigenvalue weighted by Crippen LogP contribution is 2.39. The second kappa shape index (κ2) is 5.47. The van der Waals surface area contributed by atoms with Gasteiger partial charge in [0.2, 0.25) is 0 Å². The van der Waals surface area contributed by atoms with Crippen LogP contribution in [0.15, 0.2) is 64.2 Å². The zero-order valence-electron chi connectivity index (χ0n) is 13.3. The molecule has 0 amide bonds. The number of hydrogen-bond donors (Lipinski definition) is 1. The maximum absolute atomic E-state index is 8.72. The van der Waals surface area contributed by atoms with Crippen LogP contribution in [0.25, 0.3) is 37.2 Å². The number of fused-ring (bicyclic) bond motifs is 5. The van der Waals surface area contributed by atoms with E-state index in [-0.39, 0.29) is 0 Å². The molecular weight excluding hydrogens is 350 g/mol. The van der Waals surface area contributed by atoms with Crippen LogP contribution >= 0.6 is 23.1 Å². The first-order valence-corrected chi connectivity index (χ1v) is 9.83. The zero-order valence-corrected chi connectivity index (χ0v) is 14.9. The van der Waals surface area contributed by atoms with Crippen molar-refractivity contribution in [1.29, 1.82) is 5.41 Å². The van der Waals surface area contributed by atoms with E-state index in [0.717, 1.165) is 32.0 Å². The number of nitrogens with zero attached hydrogens (tertiary/aromatic N) is 2. The molecule has 0 aliphatic rings. The van der Waals surface area contributed by atoms with Gasteiger partial charge in [0.1, 0.15) is 10.2 Å². The summed E-state index contributed by atoms with van der Waals surface area (Å²) in [7, 11) is 0. The molecule has 4 nitrogen and oxygen atoms in total. The Hall–Kier alpha value is -2.57. The number of thiophene rings is 1. The summed E-state index contributed by atoms with van der Waals surface area (Å²) in [6.45, 7) is 0. The van der Waals surface area contributed by atoms with Gasteiger partial charge in [-0.3, -0.25) is 9.98 Å². The standard InChI is InChI=1S/C19H13N3OS2/c1-24-19-21-14-16(18(20)22(19)11-7-3-2-4-8-11)23-15-12-9-5-6-10-13(12)25-17(14)15/h2-10,20H,1H3. The molecule has 0 spiro atoms. The third-order valence-electron chi connectivity index (χ3n) is 4.22. The molecule has 1 N–H and O–H groups in total. The van der Waals surface area contributed by atoms with Crippen LogP contribution in [-0.2, 0) is 0 Å². The number of hydrogen-bond acceptors (Lipinski definition) is 5. The first-order valence-electron chi connectivity index (χ1n) is 7.78. The second-order valence-electron chi connectivity index (χ2n) is 5.65. The highest BCUT2D eigenvalue weighted by Gasteiger charge is 2.19. The molecule has 0 aliphatic heterocycles. The molecule has 5 aromatic rings. The van der Waals surface area contributed by atoms with Gasteiger partial charge >= 0.3 is 0 Å². The van der Waals surface area contributed by atoms with Gasteiger partial charge in [-0.15, -0.1) is 11.3 Å². The molecule has 3 heterocycles. The molecule has 0 fully saturated rings. The average Bonchev–Trinajstić information content (AvgIpc) is 3.19. The smallest absolute Gasteiger partial charge is 0.197 e. The number of aromatic nitrogens is 2. The van der Waals surface area contributed by atoms with Gasteiger partial charge in [0.05, 0.1) is 0 Å². The molecule has 0 radical (unpaired) electrons. The van der Waals surface area contributed by atoms with Gasteiger partial charge < -0.3 is 4.42 Å². The second-order valence-corrected chi connectivity index (χ2v) is 7.48. The molecule has 25 heavy (non-hydrogen) atoms. The van der Waals surface area contributed by atoms with E-state index in [2.05, 4.69) is 12.1 Å². The minimum Gasteiger partial charge on any atom is -0.449 e. The largest absolute Gasteiger partial charge is 0.449 e. The van der Waals surface area contributed by atoms with E-state index in [1.165, 1.54) is 16.5 Å². The maximum atomic E-state index is 8.72. The quantitative estimate of drug-likeness (QED) is 0.347. The Morgan fingerprint density at radius 2 is 1.80 bits per heavy atom. The number of furan rings is 1. The lowest BCUT2D eigenvalue weighted by molar-refractivity contribution is 0.645. The Balaban J connectivity index is 1.94. The maximum Gasteiger partial charge on any atom is 0.197 e. The van der Waals surface area contributed by atoms with E-state index in [4.69, 9.17) is 14.8 Å². The number of rotatable bonds is 2. The van der Waals surface area contributed by atoms with E-state index in [0.29, 0.717) is 11.1 Å². The predicted molar refractivity (Wildman–Crippen MR) is 104 cm³/mol. The highest BCUT2D eigenvalue weighted by molar-refractivity contribution is 7.98. The van der Waals surface area contributed by atoms with Crippen molar-refractivity contribution >= 4 is 54.6 Å². The van der Waals surface area contributed by atoms with Gasteiger partial charge in [-0.25, -0.2) is 4.98 Å². The highest BCUT2D eigenvalue weighted by atomic mass is 32.2. The van der Waals surface area contributed by atoms with Crippen LogP contribution in [0.2, 0.25) is 0 Å². The van der Waals surface area contributed by atoms with Crippen LogP contribution in [0.3, 0.4) is 0 Å². The van der Waals surface area contributed by atoms with Crippen molar-refractivity contribution in [2.24, 2.45) is 0 Å². The average molecular weight is 363 g/mol. The zero-order chi connectivity index (χ0) is 17.0. The lowest BCUT2D eigenvalue weighted by Crippen LogP contribution is -2.21. The number of benzene rings is 2. The van der Waals surface area contributed by atoms with Gasteiger partial charge in [0.15, 0.2) is 21.8 Å². The summed E-state index contributed by atoms with van der Waals surface area (Å²) in [4.78, 5) is 4.84. The fourth-order valence-electron chi connectivity index (χ4n) is 3.09. The monoisotopic (exact) mass is 363 g/mol. The molecule has 0 saturated carbocycles. The van der Waals surface area contributed by atoms with Crippen LogP contribution < -0.4 is 5.49 Å². The Kier molecular flexibility index (Phi) is 3.23. The van der Waals surface area contributed by atoms with Crippen molar-refractivity contribution in [1.82, 2.24) is 9.55 Å². The van der Waals surface area contributed by atoms with E-state index in [1.807, 2.05) is 53.3 Å². The third-order valence-corrected chi connectivity index (χ3v) is 6.02. The van der Waals surface area contributed by atoms with Crippen molar-refractivity contribution in [2.75, 3.05) is 6.26 Å². The van der Waals surface area contributed by atoms with Crippen molar-refractivity contribution < 1.29 is 4.42 Å². The van der Waals surface area contributed by atoms with Crippen LogP contribution in [0.5, 0.6) is 0 Å². The van der Waals surface area contributed by atoms with Crippen LogP contribution in [-0.4, -0.2) is 15.8 Å². The summed E-state index contributed by atoms with van der Waals surface area (Å²) >= 11 is 3.20. The molecule has 0 atom stereocenters. The molecule has 0 aliphatic carbocycles. The summed E-state index contributed by atoms with van der Waals surface area (Å²) in [5, 5.41) is 10.6. The first kappa shape index (κ1) is 14.7. The predicted octanol–water partition coefficient (Wildman–Crippen LogP) is 5.19. The Bertz CT molecular complexity index is 1300. The molecule has 0 saturated heterocycles. The van der Waals surface area contributed by atoms with Gasteiger partial charge in [-0.1, -0.05) is 42.1 Å². The van der Waals surface area contributed by atoms with Crippen LogP contribution in [0.1, 0.15) is 0 Å². The van der Waals surface area contributed by atoms with E-state index < -0.39 is 0 Å². The molecular formula is C19H13N3OS2. The first-order chi connectivity index (χ1) is 12.3. The van der Waals surface area contributed by atoms with Gasteiger partial charge in [0.25, 0.3) is 0 Å². The lowest BCUT2D eigenvalue weighted by Gasteiger charge is -2.11. The molecule has 0 bridgehead atoms. The van der Waals surface area contributed by atoms with Crippen molar-refractivity contribution in [2.45, 2.75) is 5.16 Å². The van der Waals surface area contributed by atoms with E-state index in [9.17, 15) is 0 Å². The SMILES string of the molecule is CSc1nc2c(oc3c4ccccc4sc23)c(=N)n1-c1ccccc1. The number of thioether (sulfide) groups is 1. The summed E-state index contributed by atoms with van der Waals surface area (Å²) in [5.41, 5.74) is 3.38. The molecule has 0 unspecified atom stereocenters. The Morgan fingerprint density at radius 3 is 2.60 bits per heavy atom. The van der Waals surface area contributed by atoms with Crippen LogP contribution in [0, 0.1) is 5.41 Å². The minimum atomic E-state index is 0.327. The van der Waals surface area contributed by atoms with Crippen molar-refractivity contribution in [3.63, 3.8) is 0 Å². The Labute approximate surface area is 151 Å². The van der Waals surface area contributed by atoms with Gasteiger partial charge in [-0.2, -0.15) is 0 Å². The summed E-state index contributed by atoms with van der Waals surface area (Å²) in [5.74, 6) is 0. The number of para-hydroxylation sites is 1. The summed E-state index contributed by atoms with van der Waals surface area (Å²) in [6, 6.07) is 18.0. The molecule has 122 valence electrons. The minimum absolute atomic E-state index is 0.327. The summed E-state index contributed by atoms with van der Waals surface area (Å²) < 4.78 is 10.2. The fourth-order valence-corrected chi connectivity index (χ4v) is 4.77. The molecule has 3 aromatic heterocycles. The molecule has 5 rings (SSSR count). The molecule has 2 aromatic carbocycles. The Morgan fingerprint density at radius 1 is 1.04 bits per heavy atom. The van der Waals surface area contributed by atoms with Gasteiger partial charge in [-0.05, 0) is 30.5 Å². The normalized spacial score (nSPS) is 11.7. The van der Waals surface area contributed by atoms with Crippen molar-refractivity contribution in [3.8, 4) is 5.69 Å². The van der Waals surface area contributed by atoms with Crippen molar-refractivity contribution in [3.05, 3.63) is 60.1 Å². The van der Waals surface area contributed by atoms with E-state index >= 15 is 0 Å². The topological polar surface area (TPSA) is 54.8 Å². The van der Waals surface area contributed by atoms with Crippen LogP contribution in [0.4, 0.5) is 0 Å². The number of nitrogens with one attached hydrogen (secondary N) is 1. The van der Waals surface area contributed by atoms with E-state index in [1.54, 1.807) is 11.3 Å². The summed E-state index contributed by atoms with van der Waals surface area (Å²) in [6.07, 6.45) is 1.98. The van der Waals surface area contributed by atoms with Gasteiger partial charge in [0, 0.05) is 15.8 Å². The molecule has 6 heteroatoms. The fraction of sp³-hybridized carbons (Fsp3) is 0.0526. The lowest BCUT2D eigenvalue weighted by atomic mass is 10.2.